The number of carbonyl (C=O) groups is 1. The number of thiophene rings is 1. The monoisotopic (exact) mass is 403 g/mol. The fourth-order valence-electron chi connectivity index (χ4n) is 3.07. The van der Waals surface area contributed by atoms with Crippen molar-refractivity contribution in [2.75, 3.05) is 0 Å². The Labute approximate surface area is 170 Å². The van der Waals surface area contributed by atoms with Gasteiger partial charge in [-0.15, -0.1) is 11.3 Å². The molecule has 2 aromatic carbocycles. The van der Waals surface area contributed by atoms with Gasteiger partial charge in [-0.05, 0) is 23.1 Å². The highest BCUT2D eigenvalue weighted by molar-refractivity contribution is 7.12. The van der Waals surface area contributed by atoms with Crippen molar-refractivity contribution >= 4 is 34.2 Å². The molecule has 0 atom stereocenters. The van der Waals surface area contributed by atoms with Gasteiger partial charge >= 0.3 is 0 Å². The maximum Gasteiger partial charge on any atom is 0.281 e. The standard InChI is InChI=1S/C22H17N3O3S/c26-20(19-11-6-12-29-19)24-23-13-18-16-9-4-5-10-17(16)21(27)25(22(18)28)14-15-7-2-1-3-8-15/h1-13,28H,14H2,(H,24,26)/b23-13+. The van der Waals surface area contributed by atoms with E-state index in [1.54, 1.807) is 41.8 Å². The summed E-state index contributed by atoms with van der Waals surface area (Å²) in [4.78, 5) is 25.5. The summed E-state index contributed by atoms with van der Waals surface area (Å²) in [5, 5.41) is 17.7. The van der Waals surface area contributed by atoms with Gasteiger partial charge in [-0.1, -0.05) is 54.6 Å². The average molecular weight is 403 g/mol. The molecule has 144 valence electrons. The van der Waals surface area contributed by atoms with E-state index in [9.17, 15) is 14.7 Å². The number of nitrogens with zero attached hydrogens (tertiary/aromatic N) is 2. The van der Waals surface area contributed by atoms with Crippen LogP contribution in [-0.2, 0) is 6.54 Å². The van der Waals surface area contributed by atoms with E-state index in [-0.39, 0.29) is 23.9 Å². The third kappa shape index (κ3) is 3.81. The fraction of sp³-hybridized carbons (Fsp3) is 0.0455. The molecule has 6 nitrogen and oxygen atoms in total. The number of pyridine rings is 1. The molecule has 0 bridgehead atoms. The van der Waals surface area contributed by atoms with E-state index >= 15 is 0 Å². The summed E-state index contributed by atoms with van der Waals surface area (Å²) < 4.78 is 1.31. The molecule has 0 radical (unpaired) electrons. The second-order valence-corrected chi connectivity index (χ2v) is 7.28. The predicted molar refractivity (Wildman–Crippen MR) is 115 cm³/mol. The number of rotatable bonds is 5. The quantitative estimate of drug-likeness (QED) is 0.395. The van der Waals surface area contributed by atoms with E-state index in [4.69, 9.17) is 0 Å². The van der Waals surface area contributed by atoms with Crippen molar-refractivity contribution in [2.45, 2.75) is 6.54 Å². The van der Waals surface area contributed by atoms with Crippen LogP contribution in [0.4, 0.5) is 0 Å². The van der Waals surface area contributed by atoms with Crippen LogP contribution in [0.25, 0.3) is 10.8 Å². The Bertz CT molecular complexity index is 1250. The van der Waals surface area contributed by atoms with Crippen molar-refractivity contribution in [1.29, 1.82) is 0 Å². The minimum absolute atomic E-state index is 0.202. The van der Waals surface area contributed by atoms with Gasteiger partial charge in [-0.25, -0.2) is 5.43 Å². The highest BCUT2D eigenvalue weighted by Crippen LogP contribution is 2.23. The van der Waals surface area contributed by atoms with Crippen LogP contribution in [0.1, 0.15) is 20.8 Å². The third-order valence-electron chi connectivity index (χ3n) is 4.48. The number of carbonyl (C=O) groups excluding carboxylic acids is 1. The smallest absolute Gasteiger partial charge is 0.281 e. The van der Waals surface area contributed by atoms with Gasteiger partial charge < -0.3 is 5.11 Å². The summed E-state index contributed by atoms with van der Waals surface area (Å²) in [6.45, 7) is 0.221. The van der Waals surface area contributed by atoms with Crippen LogP contribution in [0.3, 0.4) is 0 Å². The highest BCUT2D eigenvalue weighted by atomic mass is 32.1. The third-order valence-corrected chi connectivity index (χ3v) is 5.35. The maximum atomic E-state index is 12.9. The van der Waals surface area contributed by atoms with Crippen molar-refractivity contribution in [3.63, 3.8) is 0 Å². The molecule has 0 spiro atoms. The van der Waals surface area contributed by atoms with Crippen LogP contribution in [0.2, 0.25) is 0 Å². The molecule has 0 aliphatic heterocycles. The summed E-state index contributed by atoms with van der Waals surface area (Å²) in [6, 6.07) is 19.9. The van der Waals surface area contributed by atoms with Crippen LogP contribution in [0.15, 0.2) is 82.0 Å². The second-order valence-electron chi connectivity index (χ2n) is 6.34. The van der Waals surface area contributed by atoms with Gasteiger partial charge in [0, 0.05) is 10.8 Å². The van der Waals surface area contributed by atoms with Gasteiger partial charge in [0.05, 0.1) is 23.2 Å². The molecule has 0 unspecified atom stereocenters. The van der Waals surface area contributed by atoms with Crippen LogP contribution in [-0.4, -0.2) is 21.8 Å². The van der Waals surface area contributed by atoms with E-state index in [0.29, 0.717) is 21.2 Å². The topological polar surface area (TPSA) is 83.7 Å². The molecule has 2 heterocycles. The van der Waals surface area contributed by atoms with Crippen LogP contribution in [0, 0.1) is 0 Å². The number of hydrogen-bond acceptors (Lipinski definition) is 5. The molecule has 4 rings (SSSR count). The lowest BCUT2D eigenvalue weighted by Gasteiger charge is -2.13. The lowest BCUT2D eigenvalue weighted by Crippen LogP contribution is -2.22. The van der Waals surface area contributed by atoms with Crippen molar-refractivity contribution in [3.8, 4) is 5.88 Å². The van der Waals surface area contributed by atoms with Gasteiger partial charge in [0.1, 0.15) is 0 Å². The van der Waals surface area contributed by atoms with Crippen LogP contribution >= 0.6 is 11.3 Å². The first kappa shape index (κ1) is 18.6. The van der Waals surface area contributed by atoms with Gasteiger partial charge in [0.2, 0.25) is 5.88 Å². The molecule has 7 heteroatoms. The zero-order chi connectivity index (χ0) is 20.2. The van der Waals surface area contributed by atoms with Gasteiger partial charge in [0.25, 0.3) is 11.5 Å². The van der Waals surface area contributed by atoms with Gasteiger partial charge in [0.15, 0.2) is 0 Å². The van der Waals surface area contributed by atoms with Gasteiger partial charge in [-0.3, -0.25) is 14.2 Å². The molecule has 0 aliphatic carbocycles. The molecule has 2 aromatic heterocycles. The number of hydrogen-bond donors (Lipinski definition) is 2. The van der Waals surface area contributed by atoms with E-state index in [0.717, 1.165) is 5.56 Å². The molecule has 0 aliphatic rings. The molecule has 2 N–H and O–H groups in total. The number of aromatic hydroxyl groups is 1. The van der Waals surface area contributed by atoms with E-state index in [1.807, 2.05) is 30.3 Å². The predicted octanol–water partition coefficient (Wildman–Crippen LogP) is 3.58. The average Bonchev–Trinajstić information content (AvgIpc) is 3.29. The molecular formula is C22H17N3O3S. The van der Waals surface area contributed by atoms with Gasteiger partial charge in [-0.2, -0.15) is 5.10 Å². The molecule has 29 heavy (non-hydrogen) atoms. The van der Waals surface area contributed by atoms with Crippen LogP contribution in [0.5, 0.6) is 5.88 Å². The molecule has 0 saturated carbocycles. The Kier molecular flexibility index (Phi) is 5.22. The first-order chi connectivity index (χ1) is 14.1. The summed E-state index contributed by atoms with van der Waals surface area (Å²) in [7, 11) is 0. The molecule has 1 amide bonds. The summed E-state index contributed by atoms with van der Waals surface area (Å²) in [5.41, 5.74) is 3.41. The number of nitrogens with one attached hydrogen (secondary N) is 1. The van der Waals surface area contributed by atoms with E-state index in [1.165, 1.54) is 22.1 Å². The van der Waals surface area contributed by atoms with E-state index < -0.39 is 0 Å². The Hall–Kier alpha value is -3.71. The normalized spacial score (nSPS) is 11.2. The Morgan fingerprint density at radius 3 is 2.48 bits per heavy atom. The van der Waals surface area contributed by atoms with E-state index in [2.05, 4.69) is 10.5 Å². The number of amides is 1. The lowest BCUT2D eigenvalue weighted by atomic mass is 10.1. The number of benzene rings is 2. The molecule has 4 aromatic rings. The Morgan fingerprint density at radius 2 is 1.76 bits per heavy atom. The first-order valence-electron chi connectivity index (χ1n) is 8.90. The minimum Gasteiger partial charge on any atom is -0.494 e. The minimum atomic E-state index is -0.336. The second kappa shape index (κ2) is 8.12. The maximum absolute atomic E-state index is 12.9. The lowest BCUT2D eigenvalue weighted by molar-refractivity contribution is 0.0959. The molecule has 0 saturated heterocycles. The first-order valence-corrected chi connectivity index (χ1v) is 9.78. The zero-order valence-electron chi connectivity index (χ0n) is 15.3. The number of fused-ring (bicyclic) bond motifs is 1. The zero-order valence-corrected chi connectivity index (χ0v) is 16.1. The Balaban J connectivity index is 1.75. The number of hydrazone groups is 1. The Morgan fingerprint density at radius 1 is 1.03 bits per heavy atom. The van der Waals surface area contributed by atoms with Crippen molar-refractivity contribution in [3.05, 3.63) is 98.5 Å². The van der Waals surface area contributed by atoms with Crippen molar-refractivity contribution in [2.24, 2.45) is 5.10 Å². The summed E-state index contributed by atoms with van der Waals surface area (Å²) in [5.74, 6) is -0.538. The molecular weight excluding hydrogens is 386 g/mol. The summed E-state index contributed by atoms with van der Waals surface area (Å²) >= 11 is 1.31. The fourth-order valence-corrected chi connectivity index (χ4v) is 3.68. The SMILES string of the molecule is O=C(N/N=C/c1c(O)n(Cc2ccccc2)c(=O)c2ccccc12)c1cccs1. The largest absolute Gasteiger partial charge is 0.494 e. The highest BCUT2D eigenvalue weighted by Gasteiger charge is 2.15. The van der Waals surface area contributed by atoms with Crippen LogP contribution < -0.4 is 11.0 Å². The van der Waals surface area contributed by atoms with Crippen molar-refractivity contribution < 1.29 is 9.90 Å². The number of aromatic nitrogens is 1. The van der Waals surface area contributed by atoms with Crippen molar-refractivity contribution in [1.82, 2.24) is 9.99 Å². The summed E-state index contributed by atoms with van der Waals surface area (Å²) in [6.07, 6.45) is 1.37. The molecule has 0 fully saturated rings.